The van der Waals surface area contributed by atoms with E-state index in [0.29, 0.717) is 0 Å². The summed E-state index contributed by atoms with van der Waals surface area (Å²) in [6.45, 7) is 9.11. The normalized spacial score (nSPS) is 11.4. The van der Waals surface area contributed by atoms with Crippen LogP contribution in [0.25, 0.3) is 10.9 Å². The van der Waals surface area contributed by atoms with Crippen LogP contribution in [0, 0.1) is 13.8 Å². The molecule has 0 fully saturated rings. The summed E-state index contributed by atoms with van der Waals surface area (Å²) in [7, 11) is 0. The Kier molecular flexibility index (Phi) is 4.29. The number of aromatic amines is 1. The smallest absolute Gasteiger partial charge is 0.0638 e. The van der Waals surface area contributed by atoms with Crippen LogP contribution in [0.15, 0.2) is 30.6 Å². The van der Waals surface area contributed by atoms with E-state index in [1.807, 2.05) is 4.68 Å². The van der Waals surface area contributed by atoms with Crippen LogP contribution in [0.3, 0.4) is 0 Å². The molecule has 0 aliphatic carbocycles. The Morgan fingerprint density at radius 1 is 1.23 bits per heavy atom. The molecule has 2 heterocycles. The topological polar surface area (TPSA) is 45.6 Å². The Morgan fingerprint density at radius 3 is 2.86 bits per heavy atom. The van der Waals surface area contributed by atoms with Gasteiger partial charge < -0.3 is 10.3 Å². The second-order valence-corrected chi connectivity index (χ2v) is 5.89. The maximum atomic E-state index is 4.48. The second-order valence-electron chi connectivity index (χ2n) is 5.89. The van der Waals surface area contributed by atoms with Gasteiger partial charge in [-0.05, 0) is 51.4 Å². The van der Waals surface area contributed by atoms with E-state index in [1.165, 1.54) is 27.6 Å². The number of aromatic nitrogens is 3. The summed E-state index contributed by atoms with van der Waals surface area (Å²) >= 11 is 0. The van der Waals surface area contributed by atoms with Gasteiger partial charge in [0.1, 0.15) is 0 Å². The highest BCUT2D eigenvalue weighted by Gasteiger charge is 2.05. The summed E-state index contributed by atoms with van der Waals surface area (Å²) in [5, 5.41) is 9.35. The highest BCUT2D eigenvalue weighted by molar-refractivity contribution is 5.83. The molecule has 0 saturated heterocycles. The fourth-order valence-corrected chi connectivity index (χ4v) is 2.84. The van der Waals surface area contributed by atoms with E-state index >= 15 is 0 Å². The molecule has 1 aromatic carbocycles. The molecule has 3 aromatic rings. The van der Waals surface area contributed by atoms with Crippen LogP contribution in [0.2, 0.25) is 0 Å². The van der Waals surface area contributed by atoms with Crippen molar-refractivity contribution < 1.29 is 0 Å². The quantitative estimate of drug-likeness (QED) is 0.685. The number of hydrogen-bond acceptors (Lipinski definition) is 2. The molecule has 0 unspecified atom stereocenters. The number of nitrogens with zero attached hydrogens (tertiary/aromatic N) is 2. The Hall–Kier alpha value is -2.07. The zero-order valence-corrected chi connectivity index (χ0v) is 13.6. The number of nitrogens with one attached hydrogen (secondary N) is 2. The highest BCUT2D eigenvalue weighted by Crippen LogP contribution is 2.19. The van der Waals surface area contributed by atoms with Crippen LogP contribution in [-0.2, 0) is 19.5 Å². The average Bonchev–Trinajstić information content (AvgIpc) is 3.07. The van der Waals surface area contributed by atoms with Gasteiger partial charge in [0.2, 0.25) is 0 Å². The molecule has 0 bridgehead atoms. The first kappa shape index (κ1) is 14.9. The van der Waals surface area contributed by atoms with E-state index in [-0.39, 0.29) is 0 Å². The van der Waals surface area contributed by atoms with Gasteiger partial charge in [0.25, 0.3) is 0 Å². The molecule has 3 rings (SSSR count). The first-order valence-corrected chi connectivity index (χ1v) is 7.97. The molecule has 0 aliphatic rings. The van der Waals surface area contributed by atoms with Crippen molar-refractivity contribution in [1.82, 2.24) is 20.1 Å². The summed E-state index contributed by atoms with van der Waals surface area (Å²) in [4.78, 5) is 3.35. The number of fused-ring (bicyclic) bond motifs is 1. The molecule has 0 atom stereocenters. The summed E-state index contributed by atoms with van der Waals surface area (Å²) in [5.41, 5.74) is 6.32. The van der Waals surface area contributed by atoms with Gasteiger partial charge in [-0.15, -0.1) is 0 Å². The predicted molar refractivity (Wildman–Crippen MR) is 91.1 cm³/mol. The lowest BCUT2D eigenvalue weighted by Crippen LogP contribution is -2.16. The first-order valence-electron chi connectivity index (χ1n) is 7.97. The molecule has 0 spiro atoms. The van der Waals surface area contributed by atoms with Gasteiger partial charge in [-0.2, -0.15) is 5.10 Å². The summed E-state index contributed by atoms with van der Waals surface area (Å²) in [6.07, 6.45) is 5.30. The van der Waals surface area contributed by atoms with Crippen molar-refractivity contribution in [2.75, 3.05) is 6.54 Å². The fraction of sp³-hybridized carbons (Fsp3) is 0.389. The third-order valence-corrected chi connectivity index (χ3v) is 4.18. The van der Waals surface area contributed by atoms with Crippen molar-refractivity contribution in [1.29, 1.82) is 0 Å². The minimum Gasteiger partial charge on any atom is -0.361 e. The van der Waals surface area contributed by atoms with Gasteiger partial charge in [0.05, 0.1) is 5.69 Å². The minimum atomic E-state index is 0.882. The van der Waals surface area contributed by atoms with Crippen LogP contribution < -0.4 is 5.32 Å². The Morgan fingerprint density at radius 2 is 2.09 bits per heavy atom. The number of rotatable bonds is 6. The van der Waals surface area contributed by atoms with Gasteiger partial charge in [0.15, 0.2) is 0 Å². The molecule has 22 heavy (non-hydrogen) atoms. The fourth-order valence-electron chi connectivity index (χ4n) is 2.84. The molecule has 0 aliphatic heterocycles. The van der Waals surface area contributed by atoms with Gasteiger partial charge in [0, 0.05) is 41.9 Å². The third kappa shape index (κ3) is 3.07. The van der Waals surface area contributed by atoms with E-state index in [4.69, 9.17) is 0 Å². The lowest BCUT2D eigenvalue weighted by atomic mass is 10.1. The standard InChI is InChI=1S/C18H24N4/c1-4-22-12-16(14(3)21-22)10-19-8-7-15-11-20-18-6-5-13(2)9-17(15)18/h5-6,9,11-12,19-20H,4,7-8,10H2,1-3H3. The van der Waals surface area contributed by atoms with Crippen molar-refractivity contribution in [3.05, 3.63) is 53.0 Å². The number of aryl methyl sites for hydroxylation is 3. The van der Waals surface area contributed by atoms with Crippen LogP contribution in [-0.4, -0.2) is 21.3 Å². The predicted octanol–water partition coefficient (Wildman–Crippen LogP) is 3.33. The molecule has 4 nitrogen and oxygen atoms in total. The molecule has 116 valence electrons. The van der Waals surface area contributed by atoms with Crippen molar-refractivity contribution in [2.24, 2.45) is 0 Å². The molecular weight excluding hydrogens is 272 g/mol. The Labute approximate surface area is 131 Å². The van der Waals surface area contributed by atoms with Crippen LogP contribution >= 0.6 is 0 Å². The van der Waals surface area contributed by atoms with Crippen molar-refractivity contribution in [2.45, 2.75) is 40.3 Å². The van der Waals surface area contributed by atoms with Crippen molar-refractivity contribution in [3.8, 4) is 0 Å². The van der Waals surface area contributed by atoms with Crippen LogP contribution in [0.1, 0.15) is 29.3 Å². The second kappa shape index (κ2) is 6.36. The van der Waals surface area contributed by atoms with Gasteiger partial charge in [-0.25, -0.2) is 0 Å². The van der Waals surface area contributed by atoms with Gasteiger partial charge in [-0.1, -0.05) is 11.6 Å². The number of H-pyrrole nitrogens is 1. The molecule has 2 N–H and O–H groups in total. The highest BCUT2D eigenvalue weighted by atomic mass is 15.3. The summed E-state index contributed by atoms with van der Waals surface area (Å²) < 4.78 is 1.99. The monoisotopic (exact) mass is 296 g/mol. The van der Waals surface area contributed by atoms with Crippen LogP contribution in [0.4, 0.5) is 0 Å². The molecule has 0 radical (unpaired) electrons. The average molecular weight is 296 g/mol. The molecular formula is C18H24N4. The summed E-state index contributed by atoms with van der Waals surface area (Å²) in [5.74, 6) is 0. The SMILES string of the molecule is CCn1cc(CNCCc2c[nH]c3ccc(C)cc23)c(C)n1. The maximum Gasteiger partial charge on any atom is 0.0638 e. The zero-order chi connectivity index (χ0) is 15.5. The lowest BCUT2D eigenvalue weighted by Gasteiger charge is -2.04. The van der Waals surface area contributed by atoms with E-state index in [2.05, 4.69) is 66.8 Å². The Balaban J connectivity index is 1.58. The van der Waals surface area contributed by atoms with Gasteiger partial charge >= 0.3 is 0 Å². The van der Waals surface area contributed by atoms with Gasteiger partial charge in [-0.3, -0.25) is 4.68 Å². The first-order chi connectivity index (χ1) is 10.7. The van der Waals surface area contributed by atoms with E-state index < -0.39 is 0 Å². The number of hydrogen-bond donors (Lipinski definition) is 2. The minimum absolute atomic E-state index is 0.882. The maximum absolute atomic E-state index is 4.48. The molecule has 2 aromatic heterocycles. The lowest BCUT2D eigenvalue weighted by molar-refractivity contribution is 0.651. The molecule has 0 saturated carbocycles. The third-order valence-electron chi connectivity index (χ3n) is 4.18. The molecule has 4 heteroatoms. The van der Waals surface area contributed by atoms with Crippen molar-refractivity contribution in [3.63, 3.8) is 0 Å². The summed E-state index contributed by atoms with van der Waals surface area (Å²) in [6, 6.07) is 6.57. The Bertz CT molecular complexity index is 767. The number of benzene rings is 1. The van der Waals surface area contributed by atoms with Crippen LogP contribution in [0.5, 0.6) is 0 Å². The largest absolute Gasteiger partial charge is 0.361 e. The zero-order valence-electron chi connectivity index (χ0n) is 13.6. The van der Waals surface area contributed by atoms with Crippen molar-refractivity contribution >= 4 is 10.9 Å². The van der Waals surface area contributed by atoms with E-state index in [0.717, 1.165) is 31.7 Å². The molecule has 0 amide bonds. The van der Waals surface area contributed by atoms with E-state index in [1.54, 1.807) is 0 Å². The van der Waals surface area contributed by atoms with E-state index in [9.17, 15) is 0 Å².